The maximum Gasteiger partial charge on any atom is 0.573 e. The Morgan fingerprint density at radius 1 is 1.22 bits per heavy atom. The van der Waals surface area contributed by atoms with Crippen LogP contribution in [0.25, 0.3) is 0 Å². The van der Waals surface area contributed by atoms with Crippen LogP contribution < -0.4 is 10.1 Å². The van der Waals surface area contributed by atoms with Crippen LogP contribution in [0.4, 0.5) is 28.0 Å². The van der Waals surface area contributed by atoms with Gasteiger partial charge in [-0.1, -0.05) is 0 Å². The number of nitrogens with zero attached hydrogens (tertiary/aromatic N) is 1. The van der Waals surface area contributed by atoms with Gasteiger partial charge in [-0.3, -0.25) is 4.79 Å². The average Bonchev–Trinajstić information content (AvgIpc) is 2.42. The van der Waals surface area contributed by atoms with E-state index in [4.69, 9.17) is 4.74 Å². The summed E-state index contributed by atoms with van der Waals surface area (Å²) in [5, 5.41) is 2.22. The van der Waals surface area contributed by atoms with Gasteiger partial charge in [-0.2, -0.15) is 0 Å². The second-order valence-corrected chi connectivity index (χ2v) is 7.19. The summed E-state index contributed by atoms with van der Waals surface area (Å²) in [7, 11) is 0. The van der Waals surface area contributed by atoms with Crippen molar-refractivity contribution >= 4 is 17.7 Å². The van der Waals surface area contributed by atoms with Gasteiger partial charge in [0.05, 0.1) is 5.69 Å². The Hall–Kier alpha value is -2.52. The maximum absolute atomic E-state index is 13.7. The van der Waals surface area contributed by atoms with E-state index >= 15 is 0 Å². The Morgan fingerprint density at radius 2 is 1.85 bits per heavy atom. The first-order chi connectivity index (χ1) is 12.3. The lowest BCUT2D eigenvalue weighted by atomic mass is 9.96. The van der Waals surface area contributed by atoms with E-state index < -0.39 is 41.2 Å². The lowest BCUT2D eigenvalue weighted by molar-refractivity contribution is -0.274. The Morgan fingerprint density at radius 3 is 2.41 bits per heavy atom. The van der Waals surface area contributed by atoms with Gasteiger partial charge < -0.3 is 19.7 Å². The minimum atomic E-state index is -4.92. The number of alkyl halides is 3. The summed E-state index contributed by atoms with van der Waals surface area (Å²) in [5.74, 6) is -2.25. The first-order valence-electron chi connectivity index (χ1n) is 8.15. The highest BCUT2D eigenvalue weighted by molar-refractivity contribution is 5.91. The molecule has 150 valence electrons. The quantitative estimate of drug-likeness (QED) is 0.789. The minimum Gasteiger partial charge on any atom is -0.444 e. The van der Waals surface area contributed by atoms with E-state index in [0.29, 0.717) is 13.1 Å². The summed E-state index contributed by atoms with van der Waals surface area (Å²) in [5.41, 5.74) is -1.04. The zero-order valence-corrected chi connectivity index (χ0v) is 15.0. The predicted molar refractivity (Wildman–Crippen MR) is 87.6 cm³/mol. The molecular formula is C17H20F4N2O4. The standard InChI is InChI=1S/C17H20F4N2O4/c1-16(2,3)27-15(25)23-8-10(9-23)6-14(24)22-13-7-11(4-5-12(13)18)26-17(19,20)21/h4-5,7,10H,6,8-9H2,1-3H3,(H,22,24). The van der Waals surface area contributed by atoms with Crippen molar-refractivity contribution in [3.63, 3.8) is 0 Å². The van der Waals surface area contributed by atoms with Crippen LogP contribution in [-0.2, 0) is 9.53 Å². The molecule has 1 heterocycles. The van der Waals surface area contributed by atoms with Crippen molar-refractivity contribution in [3.8, 4) is 5.75 Å². The van der Waals surface area contributed by atoms with Gasteiger partial charge in [-0.25, -0.2) is 9.18 Å². The van der Waals surface area contributed by atoms with Gasteiger partial charge in [-0.05, 0) is 32.9 Å². The van der Waals surface area contributed by atoms with Crippen LogP contribution in [0.2, 0.25) is 0 Å². The number of nitrogens with one attached hydrogen (secondary N) is 1. The second-order valence-electron chi connectivity index (χ2n) is 7.19. The van der Waals surface area contributed by atoms with Crippen LogP contribution in [0, 0.1) is 11.7 Å². The van der Waals surface area contributed by atoms with Crippen molar-refractivity contribution < 1.29 is 36.6 Å². The molecule has 1 aliphatic heterocycles. The highest BCUT2D eigenvalue weighted by atomic mass is 19.4. The van der Waals surface area contributed by atoms with Crippen LogP contribution in [-0.4, -0.2) is 42.0 Å². The van der Waals surface area contributed by atoms with Crippen LogP contribution in [0.1, 0.15) is 27.2 Å². The molecule has 1 fully saturated rings. The average molecular weight is 392 g/mol. The smallest absolute Gasteiger partial charge is 0.444 e. The summed E-state index contributed by atoms with van der Waals surface area (Å²) in [4.78, 5) is 25.2. The SMILES string of the molecule is CC(C)(C)OC(=O)N1CC(CC(=O)Nc2cc(OC(F)(F)F)ccc2F)C1. The van der Waals surface area contributed by atoms with E-state index in [1.807, 2.05) is 0 Å². The van der Waals surface area contributed by atoms with Crippen molar-refractivity contribution in [2.45, 2.75) is 39.2 Å². The largest absolute Gasteiger partial charge is 0.573 e. The number of likely N-dealkylation sites (tertiary alicyclic amines) is 1. The number of benzene rings is 1. The topological polar surface area (TPSA) is 67.9 Å². The number of anilines is 1. The van der Waals surface area contributed by atoms with Crippen molar-refractivity contribution in [2.75, 3.05) is 18.4 Å². The number of carbonyl (C=O) groups is 2. The predicted octanol–water partition coefficient (Wildman–Crippen LogP) is 3.92. The minimum absolute atomic E-state index is 0.0108. The third-order valence-electron chi connectivity index (χ3n) is 3.53. The van der Waals surface area contributed by atoms with Crippen molar-refractivity contribution in [2.24, 2.45) is 5.92 Å². The van der Waals surface area contributed by atoms with Gasteiger partial charge in [-0.15, -0.1) is 13.2 Å². The Bertz CT molecular complexity index is 710. The highest BCUT2D eigenvalue weighted by Gasteiger charge is 2.35. The van der Waals surface area contributed by atoms with Crippen molar-refractivity contribution in [1.29, 1.82) is 0 Å². The first kappa shape index (κ1) is 20.8. The summed E-state index contributed by atoms with van der Waals surface area (Å²) < 4.78 is 59.2. The number of carbonyl (C=O) groups excluding carboxylic acids is 2. The number of hydrogen-bond donors (Lipinski definition) is 1. The summed E-state index contributed by atoms with van der Waals surface area (Å²) in [6.45, 7) is 5.83. The van der Waals surface area contributed by atoms with E-state index in [2.05, 4.69) is 10.1 Å². The molecule has 2 rings (SSSR count). The normalized spacial score (nSPS) is 15.1. The van der Waals surface area contributed by atoms with Crippen LogP contribution >= 0.6 is 0 Å². The molecule has 0 aliphatic carbocycles. The molecule has 0 radical (unpaired) electrons. The van der Waals surface area contributed by atoms with E-state index in [9.17, 15) is 27.2 Å². The van der Waals surface area contributed by atoms with Gasteiger partial charge in [0, 0.05) is 31.5 Å². The molecule has 1 aromatic carbocycles. The second kappa shape index (κ2) is 7.61. The molecule has 27 heavy (non-hydrogen) atoms. The van der Waals surface area contributed by atoms with E-state index in [1.165, 1.54) is 4.90 Å². The Kier molecular flexibility index (Phi) is 5.86. The van der Waals surface area contributed by atoms with Crippen LogP contribution in [0.3, 0.4) is 0 Å². The summed E-state index contributed by atoms with van der Waals surface area (Å²) in [6, 6.07) is 2.34. The van der Waals surface area contributed by atoms with Gasteiger partial charge in [0.2, 0.25) is 5.91 Å². The molecule has 2 amide bonds. The molecule has 0 unspecified atom stereocenters. The molecule has 1 N–H and O–H groups in total. The molecule has 1 saturated heterocycles. The lowest BCUT2D eigenvalue weighted by Gasteiger charge is -2.39. The van der Waals surface area contributed by atoms with Gasteiger partial charge in [0.15, 0.2) is 0 Å². The number of ether oxygens (including phenoxy) is 2. The third-order valence-corrected chi connectivity index (χ3v) is 3.53. The number of hydrogen-bond acceptors (Lipinski definition) is 4. The van der Waals surface area contributed by atoms with Gasteiger partial charge in [0.1, 0.15) is 17.2 Å². The molecule has 0 aromatic heterocycles. The molecule has 10 heteroatoms. The summed E-state index contributed by atoms with van der Waals surface area (Å²) in [6.07, 6.45) is -5.42. The van der Waals surface area contributed by atoms with E-state index in [1.54, 1.807) is 20.8 Å². The molecule has 1 aliphatic rings. The van der Waals surface area contributed by atoms with Crippen molar-refractivity contribution in [3.05, 3.63) is 24.0 Å². The lowest BCUT2D eigenvalue weighted by Crippen LogP contribution is -2.52. The van der Waals surface area contributed by atoms with E-state index in [-0.39, 0.29) is 12.3 Å². The Balaban J connectivity index is 1.85. The van der Waals surface area contributed by atoms with Crippen molar-refractivity contribution in [1.82, 2.24) is 4.90 Å². The third kappa shape index (κ3) is 6.61. The fourth-order valence-electron chi connectivity index (χ4n) is 2.44. The Labute approximate surface area is 153 Å². The van der Waals surface area contributed by atoms with E-state index in [0.717, 1.165) is 18.2 Å². The molecule has 1 aromatic rings. The molecule has 0 saturated carbocycles. The zero-order valence-electron chi connectivity index (χ0n) is 15.0. The first-order valence-corrected chi connectivity index (χ1v) is 8.15. The van der Waals surface area contributed by atoms with Crippen LogP contribution in [0.5, 0.6) is 5.75 Å². The fraction of sp³-hybridized carbons (Fsp3) is 0.529. The fourth-order valence-corrected chi connectivity index (χ4v) is 2.44. The number of rotatable bonds is 4. The monoisotopic (exact) mass is 392 g/mol. The molecular weight excluding hydrogens is 372 g/mol. The molecule has 0 bridgehead atoms. The molecule has 0 atom stereocenters. The summed E-state index contributed by atoms with van der Waals surface area (Å²) >= 11 is 0. The number of halogens is 4. The number of amides is 2. The molecule has 6 nitrogen and oxygen atoms in total. The maximum atomic E-state index is 13.7. The van der Waals surface area contributed by atoms with Gasteiger partial charge in [0.25, 0.3) is 0 Å². The zero-order chi connectivity index (χ0) is 20.4. The van der Waals surface area contributed by atoms with Gasteiger partial charge >= 0.3 is 12.5 Å². The highest BCUT2D eigenvalue weighted by Crippen LogP contribution is 2.28. The van der Waals surface area contributed by atoms with Crippen LogP contribution in [0.15, 0.2) is 18.2 Å². The molecule has 0 spiro atoms.